The van der Waals surface area contributed by atoms with Crippen molar-refractivity contribution in [1.82, 2.24) is 9.97 Å². The fourth-order valence-electron chi connectivity index (χ4n) is 3.47. The molecule has 142 valence electrons. The lowest BCUT2D eigenvalue weighted by molar-refractivity contribution is 0.174. The SMILES string of the molecule is c1cc(Nc2ccc3c(c2)OCO3)nc(Nc2ccc(N3CCCC3)cc2)n1. The molecule has 7 nitrogen and oxygen atoms in total. The van der Waals surface area contributed by atoms with Gasteiger partial charge >= 0.3 is 0 Å². The Hall–Kier alpha value is -3.48. The molecule has 3 heterocycles. The van der Waals surface area contributed by atoms with Crippen molar-refractivity contribution in [2.75, 3.05) is 35.4 Å². The van der Waals surface area contributed by atoms with Crippen molar-refractivity contribution in [1.29, 1.82) is 0 Å². The van der Waals surface area contributed by atoms with Gasteiger partial charge in [0.05, 0.1) is 0 Å². The van der Waals surface area contributed by atoms with Crippen LogP contribution in [0.15, 0.2) is 54.7 Å². The molecule has 0 atom stereocenters. The van der Waals surface area contributed by atoms with Crippen LogP contribution >= 0.6 is 0 Å². The van der Waals surface area contributed by atoms with Crippen LogP contribution < -0.4 is 25.0 Å². The Labute approximate surface area is 163 Å². The van der Waals surface area contributed by atoms with E-state index < -0.39 is 0 Å². The molecule has 1 fully saturated rings. The van der Waals surface area contributed by atoms with Crippen molar-refractivity contribution in [2.45, 2.75) is 12.8 Å². The van der Waals surface area contributed by atoms with Crippen molar-refractivity contribution in [2.24, 2.45) is 0 Å². The smallest absolute Gasteiger partial charge is 0.231 e. The van der Waals surface area contributed by atoms with Gasteiger partial charge in [0.2, 0.25) is 12.7 Å². The molecular weight excluding hydrogens is 354 g/mol. The maximum atomic E-state index is 5.42. The average Bonchev–Trinajstić information content (AvgIpc) is 3.41. The van der Waals surface area contributed by atoms with Crippen molar-refractivity contribution in [3.63, 3.8) is 0 Å². The molecule has 0 bridgehead atoms. The fourth-order valence-corrected chi connectivity index (χ4v) is 3.47. The summed E-state index contributed by atoms with van der Waals surface area (Å²) in [5, 5.41) is 6.54. The predicted octanol–water partition coefficient (Wildman–Crippen LogP) is 4.29. The number of ether oxygens (including phenoxy) is 2. The predicted molar refractivity (Wildman–Crippen MR) is 109 cm³/mol. The van der Waals surface area contributed by atoms with Gasteiger partial charge in [0.15, 0.2) is 11.5 Å². The number of rotatable bonds is 5. The van der Waals surface area contributed by atoms with E-state index >= 15 is 0 Å². The number of fused-ring (bicyclic) bond motifs is 1. The number of anilines is 5. The Balaban J connectivity index is 1.27. The average molecular weight is 375 g/mol. The third-order valence-corrected chi connectivity index (χ3v) is 4.90. The maximum absolute atomic E-state index is 5.42. The Kier molecular flexibility index (Phi) is 4.33. The number of nitrogens with zero attached hydrogens (tertiary/aromatic N) is 3. The summed E-state index contributed by atoms with van der Waals surface area (Å²) in [5.41, 5.74) is 3.11. The molecule has 2 aliphatic rings. The molecule has 28 heavy (non-hydrogen) atoms. The van der Waals surface area contributed by atoms with Crippen LogP contribution in [-0.2, 0) is 0 Å². The zero-order chi connectivity index (χ0) is 18.8. The third kappa shape index (κ3) is 3.51. The lowest BCUT2D eigenvalue weighted by Gasteiger charge is -2.17. The highest BCUT2D eigenvalue weighted by Crippen LogP contribution is 2.35. The Bertz CT molecular complexity index is 971. The van der Waals surface area contributed by atoms with Gasteiger partial charge in [-0.05, 0) is 55.3 Å². The van der Waals surface area contributed by atoms with Gasteiger partial charge in [0.1, 0.15) is 5.82 Å². The first-order chi connectivity index (χ1) is 13.8. The van der Waals surface area contributed by atoms with Crippen LogP contribution in [0.1, 0.15) is 12.8 Å². The molecule has 0 saturated carbocycles. The van der Waals surface area contributed by atoms with Crippen molar-refractivity contribution in [3.05, 3.63) is 54.7 Å². The van der Waals surface area contributed by atoms with Gasteiger partial charge in [-0.2, -0.15) is 4.98 Å². The minimum Gasteiger partial charge on any atom is -0.454 e. The van der Waals surface area contributed by atoms with Crippen LogP contribution in [0, 0.1) is 0 Å². The van der Waals surface area contributed by atoms with E-state index in [4.69, 9.17) is 9.47 Å². The van der Waals surface area contributed by atoms with Crippen LogP contribution in [0.2, 0.25) is 0 Å². The zero-order valence-electron chi connectivity index (χ0n) is 15.4. The highest BCUT2D eigenvalue weighted by Gasteiger charge is 2.14. The summed E-state index contributed by atoms with van der Waals surface area (Å²) >= 11 is 0. The first kappa shape index (κ1) is 16.7. The molecule has 0 amide bonds. The van der Waals surface area contributed by atoms with E-state index in [0.717, 1.165) is 36.0 Å². The fraction of sp³-hybridized carbons (Fsp3) is 0.238. The summed E-state index contributed by atoms with van der Waals surface area (Å²) in [6.45, 7) is 2.55. The molecule has 3 aromatic rings. The van der Waals surface area contributed by atoms with Crippen molar-refractivity contribution >= 4 is 28.8 Å². The highest BCUT2D eigenvalue weighted by atomic mass is 16.7. The molecule has 1 aromatic heterocycles. The van der Waals surface area contributed by atoms with Crippen LogP contribution in [-0.4, -0.2) is 29.9 Å². The molecule has 0 unspecified atom stereocenters. The molecule has 2 aliphatic heterocycles. The molecule has 1 saturated heterocycles. The molecule has 2 aromatic carbocycles. The second kappa shape index (κ2) is 7.26. The molecule has 0 aliphatic carbocycles. The highest BCUT2D eigenvalue weighted by molar-refractivity contribution is 5.64. The molecular formula is C21H21N5O2. The van der Waals surface area contributed by atoms with Gasteiger partial charge in [-0.1, -0.05) is 0 Å². The van der Waals surface area contributed by atoms with E-state index in [1.165, 1.54) is 18.5 Å². The molecule has 5 rings (SSSR count). The Morgan fingerprint density at radius 1 is 0.821 bits per heavy atom. The summed E-state index contributed by atoms with van der Waals surface area (Å²) in [7, 11) is 0. The van der Waals surface area contributed by atoms with E-state index in [1.807, 2.05) is 24.3 Å². The van der Waals surface area contributed by atoms with Crippen LogP contribution in [0.3, 0.4) is 0 Å². The largest absolute Gasteiger partial charge is 0.454 e. The van der Waals surface area contributed by atoms with Gasteiger partial charge in [-0.3, -0.25) is 0 Å². The number of hydrogen-bond donors (Lipinski definition) is 2. The van der Waals surface area contributed by atoms with Crippen LogP contribution in [0.25, 0.3) is 0 Å². The van der Waals surface area contributed by atoms with E-state index in [-0.39, 0.29) is 6.79 Å². The van der Waals surface area contributed by atoms with Gasteiger partial charge in [0.25, 0.3) is 0 Å². The van der Waals surface area contributed by atoms with E-state index in [2.05, 4.69) is 49.8 Å². The standard InChI is InChI=1S/C21H21N5O2/c1-2-12-26(11-1)17-6-3-15(4-7-17)24-21-22-10-9-20(25-21)23-16-5-8-18-19(13-16)28-14-27-18/h3-10,13H,1-2,11-12,14H2,(H2,22,23,24,25). The number of benzene rings is 2. The molecule has 7 heteroatoms. The van der Waals surface area contributed by atoms with Gasteiger partial charge in [0, 0.05) is 42.4 Å². The summed E-state index contributed by atoms with van der Waals surface area (Å²) in [5.74, 6) is 2.73. The Morgan fingerprint density at radius 2 is 1.61 bits per heavy atom. The monoisotopic (exact) mass is 375 g/mol. The number of nitrogens with one attached hydrogen (secondary N) is 2. The summed E-state index contributed by atoms with van der Waals surface area (Å²) in [4.78, 5) is 11.3. The number of hydrogen-bond acceptors (Lipinski definition) is 7. The van der Waals surface area contributed by atoms with Crippen molar-refractivity contribution in [3.8, 4) is 11.5 Å². The lowest BCUT2D eigenvalue weighted by atomic mass is 10.2. The van der Waals surface area contributed by atoms with Gasteiger partial charge in [-0.25, -0.2) is 4.98 Å². The summed E-state index contributed by atoms with van der Waals surface area (Å²) in [6.07, 6.45) is 4.28. The molecule has 2 N–H and O–H groups in total. The normalized spacial score (nSPS) is 14.9. The van der Waals surface area contributed by atoms with Gasteiger partial charge in [-0.15, -0.1) is 0 Å². The maximum Gasteiger partial charge on any atom is 0.231 e. The molecule has 0 radical (unpaired) electrons. The second-order valence-electron chi connectivity index (χ2n) is 6.82. The Morgan fingerprint density at radius 3 is 2.46 bits per heavy atom. The molecule has 0 spiro atoms. The minimum atomic E-state index is 0.261. The first-order valence-corrected chi connectivity index (χ1v) is 9.45. The quantitative estimate of drug-likeness (QED) is 0.689. The van der Waals surface area contributed by atoms with Crippen LogP contribution in [0.4, 0.5) is 28.8 Å². The van der Waals surface area contributed by atoms with Crippen LogP contribution in [0.5, 0.6) is 11.5 Å². The minimum absolute atomic E-state index is 0.261. The number of aromatic nitrogens is 2. The van der Waals surface area contributed by atoms with E-state index in [1.54, 1.807) is 6.20 Å². The topological polar surface area (TPSA) is 71.5 Å². The zero-order valence-corrected chi connectivity index (χ0v) is 15.4. The van der Waals surface area contributed by atoms with E-state index in [9.17, 15) is 0 Å². The first-order valence-electron chi connectivity index (χ1n) is 9.45. The van der Waals surface area contributed by atoms with E-state index in [0.29, 0.717) is 11.8 Å². The second-order valence-corrected chi connectivity index (χ2v) is 6.82. The van der Waals surface area contributed by atoms with Gasteiger partial charge < -0.3 is 25.0 Å². The third-order valence-electron chi connectivity index (χ3n) is 4.90. The summed E-state index contributed by atoms with van der Waals surface area (Å²) < 4.78 is 10.8. The lowest BCUT2D eigenvalue weighted by Crippen LogP contribution is -2.17. The summed E-state index contributed by atoms with van der Waals surface area (Å²) in [6, 6.07) is 15.9. The van der Waals surface area contributed by atoms with Crippen molar-refractivity contribution < 1.29 is 9.47 Å².